The predicted molar refractivity (Wildman–Crippen MR) is 118 cm³/mol. The lowest BCUT2D eigenvalue weighted by Gasteiger charge is -2.09. The molecule has 2 aromatic carbocycles. The van der Waals surface area contributed by atoms with E-state index in [0.29, 0.717) is 29.2 Å². The Bertz CT molecular complexity index is 1410. The molecule has 11 nitrogen and oxygen atoms in total. The second-order valence-corrected chi connectivity index (χ2v) is 6.95. The molecule has 5 rings (SSSR count). The fourth-order valence-corrected chi connectivity index (χ4v) is 3.20. The third kappa shape index (κ3) is 4.32. The number of carbonyl (C=O) groups excluding carboxylic acids is 1. The number of hydrogen-bond acceptors (Lipinski definition) is 8. The SMILES string of the molecule is Cn1nnnc1-n1c(OCc2cccc(NC(=O)Oc3ccccc3)n2)nc2ccccc21. The maximum absolute atomic E-state index is 12.1. The maximum Gasteiger partial charge on any atom is 0.418 e. The van der Waals surface area contributed by atoms with Gasteiger partial charge in [-0.05, 0) is 46.8 Å². The Morgan fingerprint density at radius 2 is 1.79 bits per heavy atom. The first-order valence-corrected chi connectivity index (χ1v) is 10.0. The van der Waals surface area contributed by atoms with Crippen molar-refractivity contribution in [3.05, 3.63) is 78.5 Å². The molecule has 0 saturated carbocycles. The number of hydrogen-bond donors (Lipinski definition) is 1. The molecule has 0 aliphatic heterocycles. The minimum atomic E-state index is -0.636. The van der Waals surface area contributed by atoms with E-state index in [1.54, 1.807) is 54.1 Å². The molecule has 11 heteroatoms. The van der Waals surface area contributed by atoms with Crippen molar-refractivity contribution in [1.82, 2.24) is 34.7 Å². The van der Waals surface area contributed by atoms with Crippen LogP contribution in [-0.4, -0.2) is 40.8 Å². The highest BCUT2D eigenvalue weighted by atomic mass is 16.6. The molecule has 3 heterocycles. The zero-order chi connectivity index (χ0) is 22.6. The molecular weight excluding hydrogens is 424 g/mol. The van der Waals surface area contributed by atoms with Crippen LogP contribution in [0.4, 0.5) is 10.6 Å². The Hall–Kier alpha value is -4.80. The van der Waals surface area contributed by atoms with Crippen molar-refractivity contribution in [3.8, 4) is 17.7 Å². The number of amides is 1. The Labute approximate surface area is 187 Å². The molecule has 0 saturated heterocycles. The number of benzene rings is 2. The molecule has 0 aliphatic carbocycles. The molecule has 0 radical (unpaired) electrons. The van der Waals surface area contributed by atoms with Gasteiger partial charge in [0.15, 0.2) is 0 Å². The number of imidazole rings is 1. The highest BCUT2D eigenvalue weighted by Gasteiger charge is 2.18. The summed E-state index contributed by atoms with van der Waals surface area (Å²) in [6.45, 7) is 0.109. The van der Waals surface area contributed by atoms with E-state index in [1.165, 1.54) is 4.68 Å². The van der Waals surface area contributed by atoms with Crippen LogP contribution in [0.2, 0.25) is 0 Å². The number of rotatable bonds is 6. The monoisotopic (exact) mass is 442 g/mol. The van der Waals surface area contributed by atoms with Crippen LogP contribution in [-0.2, 0) is 13.7 Å². The van der Waals surface area contributed by atoms with Gasteiger partial charge in [0.1, 0.15) is 18.2 Å². The summed E-state index contributed by atoms with van der Waals surface area (Å²) in [5.74, 6) is 1.24. The van der Waals surface area contributed by atoms with E-state index in [-0.39, 0.29) is 6.61 Å². The number of pyridine rings is 1. The predicted octanol–water partition coefficient (Wildman–Crippen LogP) is 3.13. The molecule has 33 heavy (non-hydrogen) atoms. The minimum absolute atomic E-state index is 0.109. The third-order valence-corrected chi connectivity index (χ3v) is 4.67. The minimum Gasteiger partial charge on any atom is -0.458 e. The van der Waals surface area contributed by atoms with E-state index < -0.39 is 6.09 Å². The lowest BCUT2D eigenvalue weighted by molar-refractivity contribution is 0.215. The van der Waals surface area contributed by atoms with E-state index in [2.05, 4.69) is 30.8 Å². The quantitative estimate of drug-likeness (QED) is 0.426. The number of anilines is 1. The first-order chi connectivity index (χ1) is 16.2. The van der Waals surface area contributed by atoms with Gasteiger partial charge in [-0.2, -0.15) is 4.98 Å². The van der Waals surface area contributed by atoms with Crippen LogP contribution in [0.1, 0.15) is 5.69 Å². The third-order valence-electron chi connectivity index (χ3n) is 4.67. The van der Waals surface area contributed by atoms with Gasteiger partial charge in [0.05, 0.1) is 16.7 Å². The van der Waals surface area contributed by atoms with Crippen molar-refractivity contribution >= 4 is 22.9 Å². The fourth-order valence-electron chi connectivity index (χ4n) is 3.20. The lowest BCUT2D eigenvalue weighted by atomic mass is 10.3. The number of aromatic nitrogens is 7. The summed E-state index contributed by atoms with van der Waals surface area (Å²) in [6.07, 6.45) is -0.636. The second kappa shape index (κ2) is 8.75. The number of nitrogens with zero attached hydrogens (tertiary/aromatic N) is 7. The lowest BCUT2D eigenvalue weighted by Crippen LogP contribution is -2.18. The van der Waals surface area contributed by atoms with Gasteiger partial charge in [-0.1, -0.05) is 41.5 Å². The van der Waals surface area contributed by atoms with Crippen molar-refractivity contribution in [3.63, 3.8) is 0 Å². The van der Waals surface area contributed by atoms with E-state index in [0.717, 1.165) is 11.0 Å². The van der Waals surface area contributed by atoms with Gasteiger partial charge in [0.25, 0.3) is 5.95 Å². The molecule has 0 bridgehead atoms. The van der Waals surface area contributed by atoms with Gasteiger partial charge in [-0.3, -0.25) is 5.32 Å². The maximum atomic E-state index is 12.1. The number of fused-ring (bicyclic) bond motifs is 1. The summed E-state index contributed by atoms with van der Waals surface area (Å²) in [5, 5.41) is 14.3. The molecule has 0 unspecified atom stereocenters. The summed E-state index contributed by atoms with van der Waals surface area (Å²) in [4.78, 5) is 21.1. The molecule has 1 N–H and O–H groups in total. The second-order valence-electron chi connectivity index (χ2n) is 6.95. The highest BCUT2D eigenvalue weighted by molar-refractivity contribution is 5.85. The van der Waals surface area contributed by atoms with Crippen LogP contribution in [0.15, 0.2) is 72.8 Å². The van der Waals surface area contributed by atoms with E-state index in [4.69, 9.17) is 9.47 Å². The van der Waals surface area contributed by atoms with Crippen LogP contribution < -0.4 is 14.8 Å². The van der Waals surface area contributed by atoms with Crippen molar-refractivity contribution in [1.29, 1.82) is 0 Å². The van der Waals surface area contributed by atoms with Crippen molar-refractivity contribution in [2.24, 2.45) is 7.05 Å². The van der Waals surface area contributed by atoms with Gasteiger partial charge in [0.2, 0.25) is 0 Å². The smallest absolute Gasteiger partial charge is 0.418 e. The van der Waals surface area contributed by atoms with Crippen LogP contribution in [0.3, 0.4) is 0 Å². The summed E-state index contributed by atoms with van der Waals surface area (Å²) >= 11 is 0. The van der Waals surface area contributed by atoms with Crippen LogP contribution in [0, 0.1) is 0 Å². The van der Waals surface area contributed by atoms with Crippen LogP contribution in [0.25, 0.3) is 17.0 Å². The normalized spacial score (nSPS) is 10.8. The Morgan fingerprint density at radius 3 is 2.61 bits per heavy atom. The number of tetrazole rings is 1. The Balaban J connectivity index is 1.33. The van der Waals surface area contributed by atoms with Gasteiger partial charge in [-0.15, -0.1) is 0 Å². The first-order valence-electron chi connectivity index (χ1n) is 10.0. The van der Waals surface area contributed by atoms with Crippen molar-refractivity contribution in [2.45, 2.75) is 6.61 Å². The van der Waals surface area contributed by atoms with Gasteiger partial charge in [-0.25, -0.2) is 19.0 Å². The zero-order valence-electron chi connectivity index (χ0n) is 17.5. The molecule has 164 valence electrons. The number of aryl methyl sites for hydroxylation is 1. The molecule has 3 aromatic heterocycles. The number of carbonyl (C=O) groups is 1. The number of ether oxygens (including phenoxy) is 2. The topological polar surface area (TPSA) is 122 Å². The Kier molecular flexibility index (Phi) is 5.33. The van der Waals surface area contributed by atoms with E-state index in [1.807, 2.05) is 30.3 Å². The fraction of sp³-hybridized carbons (Fsp3) is 0.0909. The van der Waals surface area contributed by atoms with Crippen molar-refractivity contribution in [2.75, 3.05) is 5.32 Å². The number of para-hydroxylation sites is 3. The summed E-state index contributed by atoms with van der Waals surface area (Å²) < 4.78 is 14.5. The molecule has 1 amide bonds. The van der Waals surface area contributed by atoms with Gasteiger partial charge < -0.3 is 9.47 Å². The van der Waals surface area contributed by atoms with Crippen LogP contribution >= 0.6 is 0 Å². The average molecular weight is 442 g/mol. The zero-order valence-corrected chi connectivity index (χ0v) is 17.5. The van der Waals surface area contributed by atoms with Crippen molar-refractivity contribution < 1.29 is 14.3 Å². The van der Waals surface area contributed by atoms with Crippen LogP contribution in [0.5, 0.6) is 11.8 Å². The molecular formula is C22H18N8O3. The standard InChI is InChI=1S/C22H18N8O3/c1-29-20(26-27-28-29)30-18-12-6-5-11-17(18)24-21(30)32-14-15-8-7-13-19(23-15)25-22(31)33-16-9-3-2-4-10-16/h2-13H,14H2,1H3,(H,23,25,31). The molecule has 5 aromatic rings. The number of nitrogens with one attached hydrogen (secondary N) is 1. The Morgan fingerprint density at radius 1 is 0.970 bits per heavy atom. The summed E-state index contributed by atoms with van der Waals surface area (Å²) in [5.41, 5.74) is 2.13. The largest absolute Gasteiger partial charge is 0.458 e. The highest BCUT2D eigenvalue weighted by Crippen LogP contribution is 2.25. The summed E-state index contributed by atoms with van der Waals surface area (Å²) in [6, 6.07) is 21.9. The summed E-state index contributed by atoms with van der Waals surface area (Å²) in [7, 11) is 1.74. The van der Waals surface area contributed by atoms with Gasteiger partial charge in [0, 0.05) is 7.05 Å². The molecule has 0 spiro atoms. The molecule has 0 fully saturated rings. The van der Waals surface area contributed by atoms with Gasteiger partial charge >= 0.3 is 12.1 Å². The molecule has 0 aliphatic rings. The van der Waals surface area contributed by atoms with E-state index >= 15 is 0 Å². The molecule has 0 atom stereocenters. The first kappa shape index (κ1) is 20.1. The van der Waals surface area contributed by atoms with E-state index in [9.17, 15) is 4.79 Å². The average Bonchev–Trinajstić information content (AvgIpc) is 3.41.